The van der Waals surface area contributed by atoms with Crippen LogP contribution < -0.4 is 0 Å². The average molecular weight is 112 g/mol. The molecule has 0 saturated heterocycles. The van der Waals surface area contributed by atoms with E-state index in [0.717, 1.165) is 0 Å². The highest BCUT2D eigenvalue weighted by Gasteiger charge is 2.11. The third-order valence-corrected chi connectivity index (χ3v) is 0.669. The number of nitriles is 1. The van der Waals surface area contributed by atoms with E-state index in [1.165, 1.54) is 6.21 Å². The Labute approximate surface area is 48.2 Å². The fraction of sp³-hybridized carbons (Fsp3) is 0.600. The van der Waals surface area contributed by atoms with Gasteiger partial charge in [-0.2, -0.15) is 5.26 Å². The minimum absolute atomic E-state index is 0.644. The topological polar surface area (TPSA) is 56.4 Å². The van der Waals surface area contributed by atoms with Gasteiger partial charge < -0.3 is 5.21 Å². The highest BCUT2D eigenvalue weighted by atomic mass is 16.4. The monoisotopic (exact) mass is 112 g/mol. The minimum Gasteiger partial charge on any atom is -0.411 e. The number of hydrogen-bond acceptors (Lipinski definition) is 3. The minimum atomic E-state index is -0.644. The molecule has 0 aromatic heterocycles. The third-order valence-electron chi connectivity index (χ3n) is 0.669. The van der Waals surface area contributed by atoms with E-state index in [1.54, 1.807) is 13.8 Å². The molecule has 0 amide bonds. The lowest BCUT2D eigenvalue weighted by Crippen LogP contribution is -2.08. The molecule has 0 bridgehead atoms. The van der Waals surface area contributed by atoms with Crippen LogP contribution in [0.5, 0.6) is 0 Å². The van der Waals surface area contributed by atoms with E-state index >= 15 is 0 Å². The summed E-state index contributed by atoms with van der Waals surface area (Å²) in [5.41, 5.74) is -0.644. The summed E-state index contributed by atoms with van der Waals surface area (Å²) in [6.45, 7) is 3.32. The van der Waals surface area contributed by atoms with Gasteiger partial charge in [-0.3, -0.25) is 0 Å². The van der Waals surface area contributed by atoms with Gasteiger partial charge in [-0.05, 0) is 13.8 Å². The Hall–Kier alpha value is -1.04. The molecule has 0 aromatic carbocycles. The van der Waals surface area contributed by atoms with Crippen molar-refractivity contribution in [1.82, 2.24) is 0 Å². The second kappa shape index (κ2) is 2.31. The summed E-state index contributed by atoms with van der Waals surface area (Å²) in [6.07, 6.45) is 1.19. The molecular weight excluding hydrogens is 104 g/mol. The van der Waals surface area contributed by atoms with E-state index in [9.17, 15) is 0 Å². The van der Waals surface area contributed by atoms with Crippen LogP contribution in [0, 0.1) is 16.7 Å². The zero-order chi connectivity index (χ0) is 6.62. The zero-order valence-corrected chi connectivity index (χ0v) is 4.92. The molecule has 0 radical (unpaired) electrons. The first-order chi connectivity index (χ1) is 3.62. The molecule has 3 heteroatoms. The zero-order valence-electron chi connectivity index (χ0n) is 4.92. The molecule has 3 nitrogen and oxygen atoms in total. The molecule has 44 valence electrons. The standard InChI is InChI=1S/C5H8N2O/c1-5(2,3-6)4-7-8/h4,8H,1-2H3. The van der Waals surface area contributed by atoms with Crippen LogP contribution in [0.25, 0.3) is 0 Å². The molecule has 0 aliphatic carbocycles. The lowest BCUT2D eigenvalue weighted by atomic mass is 9.98. The Morgan fingerprint density at radius 2 is 2.25 bits per heavy atom. The van der Waals surface area contributed by atoms with Gasteiger partial charge in [0.05, 0.1) is 17.7 Å². The molecule has 0 aromatic rings. The quantitative estimate of drug-likeness (QED) is 0.312. The van der Waals surface area contributed by atoms with Gasteiger partial charge >= 0.3 is 0 Å². The van der Waals surface area contributed by atoms with Crippen LogP contribution >= 0.6 is 0 Å². The predicted molar refractivity (Wildman–Crippen MR) is 29.7 cm³/mol. The number of rotatable bonds is 1. The molecular formula is C5H8N2O. The number of hydrogen-bond donors (Lipinski definition) is 1. The molecule has 0 spiro atoms. The first-order valence-corrected chi connectivity index (χ1v) is 2.22. The molecule has 0 atom stereocenters. The summed E-state index contributed by atoms with van der Waals surface area (Å²) < 4.78 is 0. The van der Waals surface area contributed by atoms with Gasteiger partial charge in [0.15, 0.2) is 0 Å². The van der Waals surface area contributed by atoms with E-state index in [4.69, 9.17) is 10.5 Å². The summed E-state index contributed by atoms with van der Waals surface area (Å²) in [7, 11) is 0. The molecule has 0 fully saturated rings. The van der Waals surface area contributed by atoms with Gasteiger partial charge in [-0.15, -0.1) is 5.16 Å². The van der Waals surface area contributed by atoms with Crippen LogP contribution in [0.2, 0.25) is 0 Å². The molecule has 0 heterocycles. The van der Waals surface area contributed by atoms with Crippen molar-refractivity contribution in [1.29, 1.82) is 5.26 Å². The van der Waals surface area contributed by atoms with Gasteiger partial charge in [-0.1, -0.05) is 0 Å². The van der Waals surface area contributed by atoms with E-state index in [1.807, 2.05) is 6.07 Å². The number of nitrogens with zero attached hydrogens (tertiary/aromatic N) is 2. The van der Waals surface area contributed by atoms with Crippen LogP contribution in [0.15, 0.2) is 5.16 Å². The van der Waals surface area contributed by atoms with E-state index in [2.05, 4.69) is 5.16 Å². The smallest absolute Gasteiger partial charge is 0.0901 e. The summed E-state index contributed by atoms with van der Waals surface area (Å²) >= 11 is 0. The van der Waals surface area contributed by atoms with Crippen LogP contribution in [0.1, 0.15) is 13.8 Å². The molecule has 0 rings (SSSR count). The largest absolute Gasteiger partial charge is 0.411 e. The Morgan fingerprint density at radius 3 is 2.38 bits per heavy atom. The summed E-state index contributed by atoms with van der Waals surface area (Å²) in [5.74, 6) is 0. The fourth-order valence-corrected chi connectivity index (χ4v) is 0.173. The molecule has 8 heavy (non-hydrogen) atoms. The molecule has 1 N–H and O–H groups in total. The molecule has 0 saturated carbocycles. The second-order valence-electron chi connectivity index (χ2n) is 2.08. The first-order valence-electron chi connectivity index (χ1n) is 2.22. The Balaban J connectivity index is 3.97. The van der Waals surface area contributed by atoms with Crippen molar-refractivity contribution in [2.75, 3.05) is 0 Å². The van der Waals surface area contributed by atoms with Crippen molar-refractivity contribution in [2.45, 2.75) is 13.8 Å². The van der Waals surface area contributed by atoms with Crippen LogP contribution in [0.4, 0.5) is 0 Å². The number of oxime groups is 1. The third kappa shape index (κ3) is 2.19. The van der Waals surface area contributed by atoms with Crippen molar-refractivity contribution in [3.8, 4) is 6.07 Å². The van der Waals surface area contributed by atoms with E-state index < -0.39 is 5.41 Å². The fourth-order valence-electron chi connectivity index (χ4n) is 0.173. The molecule has 0 aliphatic heterocycles. The average Bonchev–Trinajstić information content (AvgIpc) is 1.67. The van der Waals surface area contributed by atoms with Crippen molar-refractivity contribution in [3.63, 3.8) is 0 Å². The van der Waals surface area contributed by atoms with Crippen LogP contribution in [-0.4, -0.2) is 11.4 Å². The van der Waals surface area contributed by atoms with Gasteiger partial charge in [0, 0.05) is 0 Å². The van der Waals surface area contributed by atoms with Crippen LogP contribution in [0.3, 0.4) is 0 Å². The van der Waals surface area contributed by atoms with E-state index in [-0.39, 0.29) is 0 Å². The SMILES string of the molecule is CC(C)(C#N)C=NO. The lowest BCUT2D eigenvalue weighted by Gasteiger charge is -2.02. The molecule has 0 unspecified atom stereocenters. The second-order valence-corrected chi connectivity index (χ2v) is 2.08. The van der Waals surface area contributed by atoms with Gasteiger partial charge in [0.1, 0.15) is 0 Å². The van der Waals surface area contributed by atoms with Gasteiger partial charge in [0.2, 0.25) is 0 Å². The highest BCUT2D eigenvalue weighted by molar-refractivity contribution is 5.67. The van der Waals surface area contributed by atoms with Crippen molar-refractivity contribution < 1.29 is 5.21 Å². The van der Waals surface area contributed by atoms with Crippen molar-refractivity contribution in [3.05, 3.63) is 0 Å². The Bertz CT molecular complexity index is 132. The van der Waals surface area contributed by atoms with Crippen molar-refractivity contribution >= 4 is 6.21 Å². The summed E-state index contributed by atoms with van der Waals surface area (Å²) in [4.78, 5) is 0. The normalized spacial score (nSPS) is 11.6. The Kier molecular flexibility index (Phi) is 2.01. The van der Waals surface area contributed by atoms with E-state index in [0.29, 0.717) is 0 Å². The first kappa shape index (κ1) is 6.96. The maximum atomic E-state index is 8.27. The van der Waals surface area contributed by atoms with Gasteiger partial charge in [-0.25, -0.2) is 0 Å². The predicted octanol–water partition coefficient (Wildman–Crippen LogP) is 0.996. The Morgan fingerprint density at radius 1 is 1.75 bits per heavy atom. The maximum absolute atomic E-state index is 8.27. The van der Waals surface area contributed by atoms with Crippen LogP contribution in [-0.2, 0) is 0 Å². The summed E-state index contributed by atoms with van der Waals surface area (Å²) in [6, 6.07) is 1.93. The summed E-state index contributed by atoms with van der Waals surface area (Å²) in [5, 5.41) is 19.0. The maximum Gasteiger partial charge on any atom is 0.0901 e. The lowest BCUT2D eigenvalue weighted by molar-refractivity contribution is 0.317. The van der Waals surface area contributed by atoms with Gasteiger partial charge in [0.25, 0.3) is 0 Å². The molecule has 0 aliphatic rings. The van der Waals surface area contributed by atoms with Crippen molar-refractivity contribution in [2.24, 2.45) is 10.6 Å². The highest BCUT2D eigenvalue weighted by Crippen LogP contribution is 2.07.